The minimum absolute atomic E-state index is 0.0466. The first-order valence-corrected chi connectivity index (χ1v) is 3.27. The molecule has 11 heavy (non-hydrogen) atoms. The van der Waals surface area contributed by atoms with Gasteiger partial charge in [-0.15, -0.1) is 0 Å². The highest BCUT2D eigenvalue weighted by atomic mass is 16.3. The Morgan fingerprint density at radius 3 is 2.45 bits per heavy atom. The molecule has 0 amide bonds. The summed E-state index contributed by atoms with van der Waals surface area (Å²) in [5.41, 5.74) is 0.913. The minimum atomic E-state index is -0.263. The molecule has 0 bridgehead atoms. The molecule has 0 aromatic heterocycles. The number of benzene rings is 1. The Morgan fingerprint density at radius 2 is 1.91 bits per heavy atom. The molecule has 0 saturated carbocycles. The van der Waals surface area contributed by atoms with Crippen LogP contribution in [0.5, 0.6) is 11.5 Å². The summed E-state index contributed by atoms with van der Waals surface area (Å²) in [6, 6.07) is 2.77. The highest BCUT2D eigenvalue weighted by molar-refractivity contribution is 5.44. The van der Waals surface area contributed by atoms with Crippen LogP contribution in [0.2, 0.25) is 0 Å². The molecule has 0 heterocycles. The molecule has 0 aliphatic rings. The second-order valence-corrected chi connectivity index (χ2v) is 2.43. The summed E-state index contributed by atoms with van der Waals surface area (Å²) in [5, 5.41) is 27.0. The monoisotopic (exact) mass is 154 g/mol. The van der Waals surface area contributed by atoms with Gasteiger partial charge in [-0.3, -0.25) is 0 Å². The van der Waals surface area contributed by atoms with Crippen molar-refractivity contribution in [2.75, 3.05) is 0 Å². The second kappa shape index (κ2) is 2.80. The fourth-order valence-electron chi connectivity index (χ4n) is 0.953. The van der Waals surface area contributed by atoms with Gasteiger partial charge in [0.05, 0.1) is 6.61 Å². The molecule has 0 fully saturated rings. The number of hydrogen-bond acceptors (Lipinski definition) is 3. The summed E-state index contributed by atoms with van der Waals surface area (Å²) < 4.78 is 0. The van der Waals surface area contributed by atoms with Crippen molar-refractivity contribution in [2.45, 2.75) is 13.5 Å². The third-order valence-electron chi connectivity index (χ3n) is 1.53. The van der Waals surface area contributed by atoms with Crippen LogP contribution in [0.1, 0.15) is 11.1 Å². The topological polar surface area (TPSA) is 60.7 Å². The van der Waals surface area contributed by atoms with Gasteiger partial charge in [0.25, 0.3) is 0 Å². The molecule has 0 aliphatic carbocycles. The zero-order chi connectivity index (χ0) is 8.43. The lowest BCUT2D eigenvalue weighted by Gasteiger charge is -2.04. The summed E-state index contributed by atoms with van der Waals surface area (Å²) >= 11 is 0. The molecular formula is C8H10O3. The van der Waals surface area contributed by atoms with E-state index >= 15 is 0 Å². The molecule has 1 rings (SSSR count). The smallest absolute Gasteiger partial charge is 0.124 e. The van der Waals surface area contributed by atoms with E-state index in [1.165, 1.54) is 12.1 Å². The number of phenolic OH excluding ortho intramolecular Hbond substituents is 1. The van der Waals surface area contributed by atoms with Crippen LogP contribution < -0.4 is 0 Å². The van der Waals surface area contributed by atoms with E-state index in [2.05, 4.69) is 0 Å². The Labute approximate surface area is 64.5 Å². The predicted octanol–water partition coefficient (Wildman–Crippen LogP) is 0.899. The van der Waals surface area contributed by atoms with Gasteiger partial charge >= 0.3 is 0 Å². The van der Waals surface area contributed by atoms with Crippen molar-refractivity contribution in [3.05, 3.63) is 23.3 Å². The Morgan fingerprint density at radius 1 is 1.27 bits per heavy atom. The molecule has 0 saturated heterocycles. The molecule has 1 aromatic rings. The van der Waals surface area contributed by atoms with Gasteiger partial charge in [-0.1, -0.05) is 0 Å². The maximum atomic E-state index is 9.25. The quantitative estimate of drug-likeness (QED) is 0.526. The number of aliphatic hydroxyl groups is 1. The third-order valence-corrected chi connectivity index (χ3v) is 1.53. The van der Waals surface area contributed by atoms with E-state index in [1.54, 1.807) is 6.92 Å². The number of rotatable bonds is 1. The standard InChI is InChI=1S/C8H10O3/c1-5-2-7(10)3-6(4-9)8(5)11/h2-3,9-11H,4H2,1H3. The lowest BCUT2D eigenvalue weighted by Crippen LogP contribution is -1.86. The normalized spacial score (nSPS) is 10.0. The number of hydrogen-bond donors (Lipinski definition) is 3. The highest BCUT2D eigenvalue weighted by Crippen LogP contribution is 2.26. The molecule has 60 valence electrons. The van der Waals surface area contributed by atoms with Crippen LogP contribution in [0.15, 0.2) is 12.1 Å². The Hall–Kier alpha value is -1.22. The van der Waals surface area contributed by atoms with Crippen molar-refractivity contribution < 1.29 is 15.3 Å². The SMILES string of the molecule is Cc1cc(O)cc(CO)c1O. The zero-order valence-electron chi connectivity index (χ0n) is 6.20. The summed E-state index contributed by atoms with van der Waals surface area (Å²) in [6.45, 7) is 1.40. The molecule has 3 nitrogen and oxygen atoms in total. The van der Waals surface area contributed by atoms with Crippen LogP contribution in [0.25, 0.3) is 0 Å². The van der Waals surface area contributed by atoms with E-state index in [-0.39, 0.29) is 18.1 Å². The lowest BCUT2D eigenvalue weighted by atomic mass is 10.1. The van der Waals surface area contributed by atoms with Gasteiger partial charge in [-0.25, -0.2) is 0 Å². The number of aliphatic hydroxyl groups excluding tert-OH is 1. The molecule has 1 aromatic carbocycles. The molecule has 3 heteroatoms. The number of phenols is 2. The van der Waals surface area contributed by atoms with E-state index in [9.17, 15) is 5.11 Å². The molecule has 3 N–H and O–H groups in total. The second-order valence-electron chi connectivity index (χ2n) is 2.43. The van der Waals surface area contributed by atoms with Crippen LogP contribution in [0.3, 0.4) is 0 Å². The van der Waals surface area contributed by atoms with Crippen LogP contribution in [-0.2, 0) is 6.61 Å². The van der Waals surface area contributed by atoms with Crippen LogP contribution >= 0.6 is 0 Å². The van der Waals surface area contributed by atoms with E-state index in [0.29, 0.717) is 11.1 Å². The first kappa shape index (κ1) is 7.88. The van der Waals surface area contributed by atoms with Crippen molar-refractivity contribution in [3.8, 4) is 11.5 Å². The average molecular weight is 154 g/mol. The van der Waals surface area contributed by atoms with Gasteiger partial charge in [0.15, 0.2) is 0 Å². The molecule has 0 radical (unpaired) electrons. The predicted molar refractivity (Wildman–Crippen MR) is 40.4 cm³/mol. The summed E-state index contributed by atoms with van der Waals surface area (Å²) in [5.74, 6) is 0.106. The van der Waals surface area contributed by atoms with Crippen molar-refractivity contribution in [1.82, 2.24) is 0 Å². The Bertz CT molecular complexity index is 268. The maximum absolute atomic E-state index is 9.25. The fraction of sp³-hybridized carbons (Fsp3) is 0.250. The molecule has 0 spiro atoms. The third kappa shape index (κ3) is 1.43. The average Bonchev–Trinajstić information content (AvgIpc) is 1.96. The Kier molecular flexibility index (Phi) is 2.01. The van der Waals surface area contributed by atoms with E-state index in [1.807, 2.05) is 0 Å². The molecule has 0 aliphatic heterocycles. The molecule has 0 unspecified atom stereocenters. The summed E-state index contributed by atoms with van der Waals surface area (Å²) in [6.07, 6.45) is 0. The fourth-order valence-corrected chi connectivity index (χ4v) is 0.953. The molecular weight excluding hydrogens is 144 g/mol. The first-order valence-electron chi connectivity index (χ1n) is 3.27. The zero-order valence-corrected chi connectivity index (χ0v) is 6.20. The number of aromatic hydroxyl groups is 2. The van der Waals surface area contributed by atoms with Crippen LogP contribution in [-0.4, -0.2) is 15.3 Å². The van der Waals surface area contributed by atoms with Gasteiger partial charge in [0, 0.05) is 5.56 Å². The Balaban J connectivity index is 3.24. The highest BCUT2D eigenvalue weighted by Gasteiger charge is 2.04. The first-order chi connectivity index (χ1) is 5.15. The lowest BCUT2D eigenvalue weighted by molar-refractivity contribution is 0.274. The van der Waals surface area contributed by atoms with Gasteiger partial charge in [0.2, 0.25) is 0 Å². The van der Waals surface area contributed by atoms with E-state index in [0.717, 1.165) is 0 Å². The summed E-state index contributed by atoms with van der Waals surface area (Å²) in [4.78, 5) is 0. The van der Waals surface area contributed by atoms with Gasteiger partial charge in [-0.2, -0.15) is 0 Å². The van der Waals surface area contributed by atoms with E-state index < -0.39 is 0 Å². The van der Waals surface area contributed by atoms with Crippen molar-refractivity contribution in [2.24, 2.45) is 0 Å². The van der Waals surface area contributed by atoms with Crippen molar-refractivity contribution in [3.63, 3.8) is 0 Å². The van der Waals surface area contributed by atoms with Crippen LogP contribution in [0.4, 0.5) is 0 Å². The molecule has 0 atom stereocenters. The van der Waals surface area contributed by atoms with Gasteiger partial charge < -0.3 is 15.3 Å². The maximum Gasteiger partial charge on any atom is 0.124 e. The van der Waals surface area contributed by atoms with E-state index in [4.69, 9.17) is 10.2 Å². The number of aryl methyl sites for hydroxylation is 1. The minimum Gasteiger partial charge on any atom is -0.508 e. The largest absolute Gasteiger partial charge is 0.508 e. The van der Waals surface area contributed by atoms with Crippen molar-refractivity contribution >= 4 is 0 Å². The van der Waals surface area contributed by atoms with Gasteiger partial charge in [0.1, 0.15) is 11.5 Å². The van der Waals surface area contributed by atoms with Crippen LogP contribution in [0, 0.1) is 6.92 Å². The van der Waals surface area contributed by atoms with Gasteiger partial charge in [-0.05, 0) is 24.6 Å². The summed E-state index contributed by atoms with van der Waals surface area (Å²) in [7, 11) is 0. The van der Waals surface area contributed by atoms with Crippen molar-refractivity contribution in [1.29, 1.82) is 0 Å².